The monoisotopic (exact) mass is 559 g/mol. The molecule has 0 spiro atoms. The summed E-state index contributed by atoms with van der Waals surface area (Å²) in [6.45, 7) is 0. The minimum Gasteiger partial charge on any atom is -0.345 e. The Bertz CT molecular complexity index is 2080. The number of aromatic nitrogens is 4. The van der Waals surface area contributed by atoms with Crippen LogP contribution in [0.15, 0.2) is 90.5 Å². The van der Waals surface area contributed by atoms with Crippen LogP contribution < -0.4 is 4.72 Å². The number of sulfonamides is 1. The Balaban J connectivity index is 1.39. The van der Waals surface area contributed by atoms with Crippen molar-refractivity contribution in [2.75, 3.05) is 4.72 Å². The summed E-state index contributed by atoms with van der Waals surface area (Å²) < 4.78 is 71.2. The van der Waals surface area contributed by atoms with Gasteiger partial charge in [0, 0.05) is 40.5 Å². The van der Waals surface area contributed by atoms with E-state index in [0.29, 0.717) is 22.1 Å². The van der Waals surface area contributed by atoms with Crippen LogP contribution in [0.2, 0.25) is 0 Å². The minimum absolute atomic E-state index is 0.0737. The van der Waals surface area contributed by atoms with E-state index in [1.54, 1.807) is 18.5 Å². The first kappa shape index (κ1) is 25.2. The van der Waals surface area contributed by atoms with Gasteiger partial charge >= 0.3 is 0 Å². The van der Waals surface area contributed by atoms with Crippen LogP contribution in [-0.4, -0.2) is 34.1 Å². The lowest BCUT2D eigenvalue weighted by Gasteiger charge is -2.12. The number of benzene rings is 3. The Morgan fingerprint density at radius 1 is 0.900 bits per heavy atom. The number of aromatic amines is 1. The van der Waals surface area contributed by atoms with Crippen molar-refractivity contribution in [2.45, 2.75) is 4.90 Å². The van der Waals surface area contributed by atoms with Crippen LogP contribution in [0, 0.1) is 17.5 Å². The maximum Gasteiger partial charge on any atom is 0.262 e. The topological polar surface area (TPSA) is 118 Å². The number of carbonyl (C=O) groups is 1. The van der Waals surface area contributed by atoms with E-state index in [0.717, 1.165) is 41.3 Å². The predicted molar refractivity (Wildman–Crippen MR) is 142 cm³/mol. The molecule has 3 heterocycles. The van der Waals surface area contributed by atoms with Crippen LogP contribution in [-0.2, 0) is 10.0 Å². The third-order valence-electron chi connectivity index (χ3n) is 6.29. The Morgan fingerprint density at radius 2 is 1.75 bits per heavy atom. The SMILES string of the molecule is O=C(c1c(F)ccc(NS(=O)(=O)c2cccc(F)c2)c1F)c1c[nH]c2ncc(-c3ccc4cncnc4c3)cc12. The summed E-state index contributed by atoms with van der Waals surface area (Å²) in [5.41, 5.74) is 0.651. The van der Waals surface area contributed by atoms with E-state index in [2.05, 4.69) is 19.9 Å². The molecule has 0 saturated carbocycles. The van der Waals surface area contributed by atoms with Gasteiger partial charge in [0.25, 0.3) is 10.0 Å². The molecule has 0 radical (unpaired) electrons. The van der Waals surface area contributed by atoms with E-state index in [4.69, 9.17) is 0 Å². The summed E-state index contributed by atoms with van der Waals surface area (Å²) in [7, 11) is -4.44. The van der Waals surface area contributed by atoms with Gasteiger partial charge in [-0.15, -0.1) is 0 Å². The molecule has 3 aromatic carbocycles. The Morgan fingerprint density at radius 3 is 2.58 bits per heavy atom. The van der Waals surface area contributed by atoms with E-state index in [1.165, 1.54) is 18.6 Å². The molecule has 0 unspecified atom stereocenters. The number of pyridine rings is 1. The van der Waals surface area contributed by atoms with Gasteiger partial charge in [-0.3, -0.25) is 9.52 Å². The summed E-state index contributed by atoms with van der Waals surface area (Å²) in [4.78, 5) is 28.4. The van der Waals surface area contributed by atoms with Crippen LogP contribution in [0.5, 0.6) is 0 Å². The molecule has 0 saturated heterocycles. The molecular weight excluding hydrogens is 543 g/mol. The number of fused-ring (bicyclic) bond motifs is 2. The molecule has 0 atom stereocenters. The minimum atomic E-state index is -4.44. The van der Waals surface area contributed by atoms with Crippen molar-refractivity contribution >= 4 is 43.4 Å². The number of nitrogens with one attached hydrogen (secondary N) is 2. The lowest BCUT2D eigenvalue weighted by atomic mass is 9.99. The van der Waals surface area contributed by atoms with Gasteiger partial charge in [0.15, 0.2) is 5.82 Å². The second-order valence-electron chi connectivity index (χ2n) is 8.79. The molecule has 0 aliphatic heterocycles. The fourth-order valence-electron chi connectivity index (χ4n) is 4.31. The molecule has 3 aromatic heterocycles. The lowest BCUT2D eigenvalue weighted by Crippen LogP contribution is -2.16. The molecule has 0 fully saturated rings. The molecule has 0 amide bonds. The Hall–Kier alpha value is -5.10. The van der Waals surface area contributed by atoms with Crippen LogP contribution in [0.3, 0.4) is 0 Å². The fraction of sp³-hybridized carbons (Fsp3) is 0. The summed E-state index contributed by atoms with van der Waals surface area (Å²) in [5, 5.41) is 1.13. The van der Waals surface area contributed by atoms with Crippen molar-refractivity contribution in [3.63, 3.8) is 0 Å². The van der Waals surface area contributed by atoms with Crippen LogP contribution in [0.4, 0.5) is 18.9 Å². The van der Waals surface area contributed by atoms with Gasteiger partial charge < -0.3 is 4.98 Å². The quantitative estimate of drug-likeness (QED) is 0.256. The number of hydrogen-bond acceptors (Lipinski definition) is 6. The van der Waals surface area contributed by atoms with Crippen LogP contribution >= 0.6 is 0 Å². The second kappa shape index (κ2) is 9.58. The predicted octanol–water partition coefficient (Wildman–Crippen LogP) is 5.62. The molecule has 198 valence electrons. The van der Waals surface area contributed by atoms with Crippen molar-refractivity contribution in [3.8, 4) is 11.1 Å². The van der Waals surface area contributed by atoms with E-state index in [9.17, 15) is 22.0 Å². The van der Waals surface area contributed by atoms with Gasteiger partial charge in [-0.05, 0) is 48.0 Å². The molecular formula is C28H16F3N5O3S. The van der Waals surface area contributed by atoms with E-state index >= 15 is 4.39 Å². The van der Waals surface area contributed by atoms with Crippen LogP contribution in [0.25, 0.3) is 33.1 Å². The normalized spacial score (nSPS) is 11.7. The molecule has 12 heteroatoms. The first-order valence-corrected chi connectivity index (χ1v) is 13.2. The Kier molecular flexibility index (Phi) is 6.03. The molecule has 2 N–H and O–H groups in total. The third-order valence-corrected chi connectivity index (χ3v) is 7.65. The van der Waals surface area contributed by atoms with Crippen molar-refractivity contribution in [3.05, 3.63) is 114 Å². The zero-order valence-electron chi connectivity index (χ0n) is 20.2. The third kappa shape index (κ3) is 4.43. The van der Waals surface area contributed by atoms with Gasteiger partial charge in [0.05, 0.1) is 21.7 Å². The number of anilines is 1. The number of rotatable bonds is 6. The molecule has 0 aliphatic carbocycles. The van der Waals surface area contributed by atoms with Crippen LogP contribution in [0.1, 0.15) is 15.9 Å². The average Bonchev–Trinajstić information content (AvgIpc) is 3.38. The highest BCUT2D eigenvalue weighted by Crippen LogP contribution is 2.31. The first-order chi connectivity index (χ1) is 19.2. The average molecular weight is 560 g/mol. The number of carbonyl (C=O) groups excluding carboxylic acids is 1. The fourth-order valence-corrected chi connectivity index (χ4v) is 5.40. The molecule has 40 heavy (non-hydrogen) atoms. The zero-order chi connectivity index (χ0) is 28.0. The standard InChI is InChI=1S/C28H16F3N5O3S/c29-18-2-1-3-19(10-18)40(38,39)36-23-7-6-22(30)25(26(23)31)27(37)21-13-34-28-20(21)8-17(12-33-28)15-4-5-16-11-32-14-35-24(16)9-15/h1-14,36H,(H,33,34). The van der Waals surface area contributed by atoms with Gasteiger partial charge in [0.2, 0.25) is 5.78 Å². The van der Waals surface area contributed by atoms with E-state index < -0.39 is 49.4 Å². The maximum atomic E-state index is 15.5. The smallest absolute Gasteiger partial charge is 0.262 e. The first-order valence-electron chi connectivity index (χ1n) is 11.7. The highest BCUT2D eigenvalue weighted by atomic mass is 32.2. The Labute approximate surface area is 224 Å². The number of H-pyrrole nitrogens is 1. The van der Waals surface area contributed by atoms with Crippen molar-refractivity contribution < 1.29 is 26.4 Å². The second-order valence-corrected chi connectivity index (χ2v) is 10.5. The van der Waals surface area contributed by atoms with E-state index in [-0.39, 0.29) is 5.56 Å². The van der Waals surface area contributed by atoms with Crippen molar-refractivity contribution in [1.82, 2.24) is 19.9 Å². The summed E-state index contributed by atoms with van der Waals surface area (Å²) in [6.07, 6.45) is 5.95. The van der Waals surface area contributed by atoms with Gasteiger partial charge in [-0.1, -0.05) is 18.2 Å². The molecule has 0 aliphatic rings. The van der Waals surface area contributed by atoms with Gasteiger partial charge in [-0.2, -0.15) is 0 Å². The molecule has 0 bridgehead atoms. The number of ketones is 1. The molecule has 6 aromatic rings. The number of halogens is 3. The van der Waals surface area contributed by atoms with E-state index in [1.807, 2.05) is 22.9 Å². The molecule has 8 nitrogen and oxygen atoms in total. The molecule has 6 rings (SSSR count). The largest absolute Gasteiger partial charge is 0.345 e. The van der Waals surface area contributed by atoms with Crippen molar-refractivity contribution in [1.29, 1.82) is 0 Å². The summed E-state index contributed by atoms with van der Waals surface area (Å²) in [5.74, 6) is -4.46. The zero-order valence-corrected chi connectivity index (χ0v) is 21.0. The highest BCUT2D eigenvalue weighted by Gasteiger charge is 2.26. The highest BCUT2D eigenvalue weighted by molar-refractivity contribution is 7.92. The number of hydrogen-bond donors (Lipinski definition) is 2. The lowest BCUT2D eigenvalue weighted by molar-refractivity contribution is 0.103. The summed E-state index contributed by atoms with van der Waals surface area (Å²) >= 11 is 0. The maximum absolute atomic E-state index is 15.5. The number of nitrogens with zero attached hydrogens (tertiary/aromatic N) is 3. The van der Waals surface area contributed by atoms with Crippen molar-refractivity contribution in [2.24, 2.45) is 0 Å². The van der Waals surface area contributed by atoms with Gasteiger partial charge in [-0.25, -0.2) is 36.5 Å². The van der Waals surface area contributed by atoms with Gasteiger partial charge in [0.1, 0.15) is 23.6 Å². The summed E-state index contributed by atoms with van der Waals surface area (Å²) in [6, 6.07) is 12.8.